The van der Waals surface area contributed by atoms with Gasteiger partial charge in [0.15, 0.2) is 0 Å². The van der Waals surface area contributed by atoms with Gasteiger partial charge in [0.1, 0.15) is 0 Å². The molecule has 83 heavy (non-hydrogen) atoms. The number of hydrogen-bond donors (Lipinski definition) is 0. The highest BCUT2D eigenvalue weighted by molar-refractivity contribution is 6.10. The lowest BCUT2D eigenvalue weighted by atomic mass is 9.70. The molecule has 12 aromatic carbocycles. The maximum absolute atomic E-state index is 2.52. The Morgan fingerprint density at radius 3 is 1.18 bits per heavy atom. The van der Waals surface area contributed by atoms with Crippen molar-refractivity contribution in [3.05, 3.63) is 312 Å². The largest absolute Gasteiger partial charge is 0.310 e. The third-order valence-corrected chi connectivity index (χ3v) is 17.9. The number of fused-ring (bicyclic) bond motifs is 13. The summed E-state index contributed by atoms with van der Waals surface area (Å²) in [5.41, 5.74) is 28.8. The number of benzene rings is 12. The van der Waals surface area contributed by atoms with Crippen LogP contribution < -0.4 is 4.90 Å². The fourth-order valence-electron chi connectivity index (χ4n) is 13.7. The summed E-state index contributed by atoms with van der Waals surface area (Å²) >= 11 is 0. The van der Waals surface area contributed by atoms with Crippen molar-refractivity contribution in [1.82, 2.24) is 4.57 Å². The van der Waals surface area contributed by atoms with E-state index in [0.717, 1.165) is 28.3 Å². The van der Waals surface area contributed by atoms with Gasteiger partial charge in [-0.15, -0.1) is 0 Å². The van der Waals surface area contributed by atoms with Crippen molar-refractivity contribution in [2.24, 2.45) is 0 Å². The summed E-state index contributed by atoms with van der Waals surface area (Å²) < 4.78 is 2.45. The van der Waals surface area contributed by atoms with E-state index in [1.54, 1.807) is 0 Å². The van der Waals surface area contributed by atoms with Crippen molar-refractivity contribution < 1.29 is 0 Å². The van der Waals surface area contributed by atoms with Gasteiger partial charge < -0.3 is 9.47 Å². The number of aromatic nitrogens is 1. The molecule has 0 saturated heterocycles. The lowest BCUT2D eigenvalue weighted by Gasteiger charge is -2.33. The lowest BCUT2D eigenvalue weighted by molar-refractivity contribution is 0.590. The van der Waals surface area contributed by atoms with Gasteiger partial charge in [0, 0.05) is 33.4 Å². The molecule has 0 radical (unpaired) electrons. The molecule has 1 aromatic heterocycles. The second-order valence-electron chi connectivity index (χ2n) is 24.9. The molecule has 0 aliphatic heterocycles. The van der Waals surface area contributed by atoms with Crippen molar-refractivity contribution in [1.29, 1.82) is 0 Å². The van der Waals surface area contributed by atoms with E-state index in [1.165, 1.54) is 116 Å². The molecule has 0 N–H and O–H groups in total. The molecule has 398 valence electrons. The molecule has 2 nitrogen and oxygen atoms in total. The minimum absolute atomic E-state index is 0.0362. The molecule has 0 bridgehead atoms. The number of hydrogen-bond acceptors (Lipinski definition) is 1. The Morgan fingerprint density at radius 1 is 0.301 bits per heavy atom. The Bertz CT molecular complexity index is 4510. The van der Waals surface area contributed by atoms with Crippen LogP contribution in [0.4, 0.5) is 17.1 Å². The second kappa shape index (κ2) is 19.2. The Kier molecular flexibility index (Phi) is 11.6. The van der Waals surface area contributed by atoms with Crippen molar-refractivity contribution in [3.8, 4) is 72.4 Å². The van der Waals surface area contributed by atoms with Crippen LogP contribution in [-0.4, -0.2) is 4.57 Å². The first-order chi connectivity index (χ1) is 40.4. The van der Waals surface area contributed by atoms with Gasteiger partial charge in [-0.05, 0) is 184 Å². The standard InChI is InChI=1S/C81H64N2/c1-79(2,3)61-37-46-75-69(51-61)70-52-62(80(4,5)6)38-47-76(70)83(75)65-43-34-58(35-44-65)57-32-41-64(42-33-57)82(63-39-30-56(31-40-63)53-20-10-7-11-21-53)77-50-60(55-24-14-9-15-25-55)49-74-78(77)68-45-36-59(54-22-12-8-13-23-54)48-73(68)81(74)71-28-18-16-26-66(71)67-27-17-19-29-72(67)81/h7-52H,1-6H3. The monoisotopic (exact) mass is 1060 g/mol. The highest BCUT2D eigenvalue weighted by atomic mass is 15.1. The van der Waals surface area contributed by atoms with E-state index >= 15 is 0 Å². The summed E-state index contributed by atoms with van der Waals surface area (Å²) in [6.07, 6.45) is 0. The van der Waals surface area contributed by atoms with E-state index in [-0.39, 0.29) is 10.8 Å². The second-order valence-corrected chi connectivity index (χ2v) is 24.9. The molecular weight excluding hydrogens is 1000 g/mol. The van der Waals surface area contributed by atoms with Gasteiger partial charge in [0.2, 0.25) is 0 Å². The number of anilines is 3. The van der Waals surface area contributed by atoms with Crippen LogP contribution in [-0.2, 0) is 16.2 Å². The molecule has 15 rings (SSSR count). The van der Waals surface area contributed by atoms with Crippen molar-refractivity contribution in [2.75, 3.05) is 4.90 Å². The Hall–Kier alpha value is -9.76. The van der Waals surface area contributed by atoms with Gasteiger partial charge in [-0.2, -0.15) is 0 Å². The summed E-state index contributed by atoms with van der Waals surface area (Å²) in [4.78, 5) is 2.52. The lowest BCUT2D eigenvalue weighted by Crippen LogP contribution is -2.26. The normalized spacial score (nSPS) is 13.0. The number of nitrogens with zero attached hydrogens (tertiary/aromatic N) is 2. The molecule has 1 heterocycles. The predicted molar refractivity (Wildman–Crippen MR) is 351 cm³/mol. The maximum Gasteiger partial charge on any atom is 0.0726 e. The first kappa shape index (κ1) is 50.2. The molecule has 0 fully saturated rings. The smallest absolute Gasteiger partial charge is 0.0726 e. The van der Waals surface area contributed by atoms with Crippen molar-refractivity contribution >= 4 is 38.9 Å². The van der Waals surface area contributed by atoms with Crippen LogP contribution >= 0.6 is 0 Å². The topological polar surface area (TPSA) is 8.17 Å². The summed E-state index contributed by atoms with van der Waals surface area (Å²) in [7, 11) is 0. The average molecular weight is 1070 g/mol. The van der Waals surface area contributed by atoms with Gasteiger partial charge in [-0.25, -0.2) is 0 Å². The summed E-state index contributed by atoms with van der Waals surface area (Å²) in [5.74, 6) is 0. The summed E-state index contributed by atoms with van der Waals surface area (Å²) in [6, 6.07) is 105. The molecule has 0 unspecified atom stereocenters. The highest BCUT2D eigenvalue weighted by Gasteiger charge is 2.53. The maximum atomic E-state index is 2.52. The van der Waals surface area contributed by atoms with Crippen LogP contribution in [0.2, 0.25) is 0 Å². The minimum atomic E-state index is -0.592. The molecule has 2 aliphatic rings. The molecule has 2 heteroatoms. The van der Waals surface area contributed by atoms with Gasteiger partial charge in [0.25, 0.3) is 0 Å². The van der Waals surface area contributed by atoms with E-state index in [2.05, 4.69) is 330 Å². The van der Waals surface area contributed by atoms with Crippen molar-refractivity contribution in [3.63, 3.8) is 0 Å². The Labute approximate surface area is 488 Å². The predicted octanol–water partition coefficient (Wildman–Crippen LogP) is 21.9. The zero-order chi connectivity index (χ0) is 56.2. The fourth-order valence-corrected chi connectivity index (χ4v) is 13.7. The first-order valence-electron chi connectivity index (χ1n) is 29.3. The molecule has 2 aliphatic carbocycles. The minimum Gasteiger partial charge on any atom is -0.310 e. The third kappa shape index (κ3) is 8.14. The van der Waals surface area contributed by atoms with Crippen LogP contribution in [0.15, 0.2) is 279 Å². The van der Waals surface area contributed by atoms with E-state index in [0.29, 0.717) is 0 Å². The molecule has 0 atom stereocenters. The van der Waals surface area contributed by atoms with Gasteiger partial charge in [-0.3, -0.25) is 0 Å². The summed E-state index contributed by atoms with van der Waals surface area (Å²) in [5, 5.41) is 2.59. The van der Waals surface area contributed by atoms with Crippen LogP contribution in [0.25, 0.3) is 94.3 Å². The van der Waals surface area contributed by atoms with Crippen LogP contribution in [0, 0.1) is 0 Å². The summed E-state index contributed by atoms with van der Waals surface area (Å²) in [6.45, 7) is 13.8. The quantitative estimate of drug-likeness (QED) is 0.147. The highest BCUT2D eigenvalue weighted by Crippen LogP contribution is 2.66. The SMILES string of the molecule is CC(C)(C)c1ccc2c(c1)c1cc(C(C)(C)C)ccc1n2-c1ccc(-c2ccc(N(c3ccc(-c4ccccc4)cc3)c3cc(-c4ccccc4)cc4c3-c3ccc(-c5ccccc5)cc3C43c4ccccc4-c4ccccc43)cc2)cc1. The van der Waals surface area contributed by atoms with E-state index in [1.807, 2.05) is 0 Å². The van der Waals surface area contributed by atoms with E-state index in [4.69, 9.17) is 0 Å². The zero-order valence-corrected chi connectivity index (χ0v) is 48.0. The molecule has 0 saturated carbocycles. The molecule has 0 amide bonds. The molecule has 13 aromatic rings. The van der Waals surface area contributed by atoms with E-state index < -0.39 is 5.41 Å². The van der Waals surface area contributed by atoms with E-state index in [9.17, 15) is 0 Å². The average Bonchev–Trinajstić information content (AvgIpc) is 1.99. The van der Waals surface area contributed by atoms with Crippen LogP contribution in [0.1, 0.15) is 74.9 Å². The zero-order valence-electron chi connectivity index (χ0n) is 48.0. The van der Waals surface area contributed by atoms with Crippen molar-refractivity contribution in [2.45, 2.75) is 57.8 Å². The molecular formula is C81H64N2. The number of rotatable bonds is 8. The first-order valence-corrected chi connectivity index (χ1v) is 29.3. The van der Waals surface area contributed by atoms with Crippen LogP contribution in [0.5, 0.6) is 0 Å². The molecule has 1 spiro atoms. The third-order valence-electron chi connectivity index (χ3n) is 17.9. The Balaban J connectivity index is 0.918. The van der Waals surface area contributed by atoms with Gasteiger partial charge in [0.05, 0.1) is 22.1 Å². The van der Waals surface area contributed by atoms with Crippen LogP contribution in [0.3, 0.4) is 0 Å². The van der Waals surface area contributed by atoms with Gasteiger partial charge in [-0.1, -0.05) is 242 Å². The fraction of sp³-hybridized carbons (Fsp3) is 0.111. The Morgan fingerprint density at radius 2 is 0.699 bits per heavy atom. The van der Waals surface area contributed by atoms with Gasteiger partial charge >= 0.3 is 0 Å².